The first kappa shape index (κ1) is 9.49. The highest BCUT2D eigenvalue weighted by molar-refractivity contribution is 5.88. The monoisotopic (exact) mass is 195 g/mol. The second kappa shape index (κ2) is 3.98. The fraction of sp³-hybridized carbons (Fsp3) is 0.800. The van der Waals surface area contributed by atoms with E-state index in [-0.39, 0.29) is 0 Å². The molecule has 4 nitrogen and oxygen atoms in total. The van der Waals surface area contributed by atoms with Crippen LogP contribution < -0.4 is 11.2 Å². The SMILES string of the molecule is NC(=O)N/N=C1\CCCC2CCC1C2. The molecule has 2 saturated carbocycles. The molecule has 0 aromatic rings. The van der Waals surface area contributed by atoms with Crippen LogP contribution in [0.3, 0.4) is 0 Å². The highest BCUT2D eigenvalue weighted by Crippen LogP contribution is 2.38. The number of rotatable bonds is 1. The van der Waals surface area contributed by atoms with Crippen LogP contribution in [0.5, 0.6) is 0 Å². The predicted molar refractivity (Wildman–Crippen MR) is 54.8 cm³/mol. The van der Waals surface area contributed by atoms with Crippen molar-refractivity contribution >= 4 is 11.7 Å². The fourth-order valence-corrected chi connectivity index (χ4v) is 2.69. The van der Waals surface area contributed by atoms with Gasteiger partial charge in [-0.1, -0.05) is 6.42 Å². The molecule has 2 rings (SSSR count). The van der Waals surface area contributed by atoms with Crippen LogP contribution in [0, 0.1) is 11.8 Å². The van der Waals surface area contributed by atoms with Gasteiger partial charge in [-0.15, -0.1) is 0 Å². The summed E-state index contributed by atoms with van der Waals surface area (Å²) < 4.78 is 0. The Hall–Kier alpha value is -1.06. The predicted octanol–water partition coefficient (Wildman–Crippen LogP) is 1.61. The number of amides is 2. The summed E-state index contributed by atoms with van der Waals surface area (Å²) in [5.41, 5.74) is 8.50. The van der Waals surface area contributed by atoms with E-state index in [4.69, 9.17) is 5.73 Å². The van der Waals surface area contributed by atoms with Crippen molar-refractivity contribution in [2.24, 2.45) is 22.7 Å². The van der Waals surface area contributed by atoms with E-state index in [1.54, 1.807) is 0 Å². The van der Waals surface area contributed by atoms with E-state index in [0.29, 0.717) is 5.92 Å². The van der Waals surface area contributed by atoms with Crippen molar-refractivity contribution in [3.05, 3.63) is 0 Å². The van der Waals surface area contributed by atoms with Gasteiger partial charge in [-0.05, 0) is 43.9 Å². The van der Waals surface area contributed by atoms with Crippen LogP contribution in [0.15, 0.2) is 5.10 Å². The van der Waals surface area contributed by atoms with E-state index in [0.717, 1.165) is 18.1 Å². The minimum atomic E-state index is -0.559. The van der Waals surface area contributed by atoms with Gasteiger partial charge in [0, 0.05) is 5.71 Å². The van der Waals surface area contributed by atoms with Gasteiger partial charge in [-0.25, -0.2) is 10.2 Å². The molecule has 2 atom stereocenters. The third kappa shape index (κ3) is 2.05. The molecule has 0 radical (unpaired) electrons. The lowest BCUT2D eigenvalue weighted by Crippen LogP contribution is -2.27. The number of hydrogen-bond donors (Lipinski definition) is 2. The maximum Gasteiger partial charge on any atom is 0.332 e. The summed E-state index contributed by atoms with van der Waals surface area (Å²) in [6.07, 6.45) is 7.40. The first-order valence-electron chi connectivity index (χ1n) is 5.37. The van der Waals surface area contributed by atoms with E-state index < -0.39 is 6.03 Å². The number of hydrazone groups is 1. The van der Waals surface area contributed by atoms with Crippen molar-refractivity contribution in [2.75, 3.05) is 0 Å². The molecule has 2 bridgehead atoms. The van der Waals surface area contributed by atoms with Crippen LogP contribution in [0.1, 0.15) is 38.5 Å². The van der Waals surface area contributed by atoms with Crippen molar-refractivity contribution in [2.45, 2.75) is 38.5 Å². The Balaban J connectivity index is 2.02. The van der Waals surface area contributed by atoms with E-state index >= 15 is 0 Å². The molecule has 0 aliphatic heterocycles. The Morgan fingerprint density at radius 2 is 2.29 bits per heavy atom. The maximum atomic E-state index is 10.5. The zero-order valence-electron chi connectivity index (χ0n) is 8.33. The Labute approximate surface area is 83.9 Å². The molecule has 2 aliphatic rings. The summed E-state index contributed by atoms with van der Waals surface area (Å²) in [6.45, 7) is 0. The smallest absolute Gasteiger partial charge is 0.332 e. The van der Waals surface area contributed by atoms with E-state index in [1.807, 2.05) is 0 Å². The van der Waals surface area contributed by atoms with Crippen LogP contribution in [0.4, 0.5) is 4.79 Å². The van der Waals surface area contributed by atoms with Gasteiger partial charge in [0.05, 0.1) is 0 Å². The van der Waals surface area contributed by atoms with Crippen LogP contribution in [0.25, 0.3) is 0 Å². The first-order chi connectivity index (χ1) is 6.75. The molecule has 2 aliphatic carbocycles. The summed E-state index contributed by atoms with van der Waals surface area (Å²) in [5.74, 6) is 1.51. The highest BCUT2D eigenvalue weighted by Gasteiger charge is 2.30. The number of carbonyl (C=O) groups is 1. The van der Waals surface area contributed by atoms with Gasteiger partial charge >= 0.3 is 6.03 Å². The minimum absolute atomic E-state index is 0.559. The van der Waals surface area contributed by atoms with Gasteiger partial charge in [0.25, 0.3) is 0 Å². The van der Waals surface area contributed by atoms with Crippen molar-refractivity contribution in [3.63, 3.8) is 0 Å². The molecule has 2 fully saturated rings. The van der Waals surface area contributed by atoms with Crippen molar-refractivity contribution < 1.29 is 4.79 Å². The van der Waals surface area contributed by atoms with Gasteiger partial charge in [0.1, 0.15) is 0 Å². The van der Waals surface area contributed by atoms with Crippen molar-refractivity contribution in [1.29, 1.82) is 0 Å². The molecule has 14 heavy (non-hydrogen) atoms. The van der Waals surface area contributed by atoms with Gasteiger partial charge in [0.2, 0.25) is 0 Å². The average Bonchev–Trinajstić information content (AvgIpc) is 2.46. The Kier molecular flexibility index (Phi) is 2.70. The van der Waals surface area contributed by atoms with Crippen LogP contribution in [-0.4, -0.2) is 11.7 Å². The van der Waals surface area contributed by atoms with Crippen molar-refractivity contribution in [1.82, 2.24) is 5.43 Å². The van der Waals surface area contributed by atoms with Gasteiger partial charge in [-0.3, -0.25) is 0 Å². The number of nitrogens with one attached hydrogen (secondary N) is 1. The largest absolute Gasteiger partial charge is 0.350 e. The minimum Gasteiger partial charge on any atom is -0.350 e. The molecule has 3 N–H and O–H groups in total. The summed E-state index contributed by atoms with van der Waals surface area (Å²) >= 11 is 0. The highest BCUT2D eigenvalue weighted by atomic mass is 16.2. The molecular weight excluding hydrogens is 178 g/mol. The molecular formula is C10H17N3O. The number of nitrogens with zero attached hydrogens (tertiary/aromatic N) is 1. The molecule has 0 heterocycles. The van der Waals surface area contributed by atoms with E-state index in [2.05, 4.69) is 10.5 Å². The average molecular weight is 195 g/mol. The molecule has 2 unspecified atom stereocenters. The Bertz CT molecular complexity index is 262. The van der Waals surface area contributed by atoms with E-state index in [1.165, 1.54) is 32.1 Å². The molecule has 0 aromatic carbocycles. The summed E-state index contributed by atoms with van der Waals surface area (Å²) in [7, 11) is 0. The van der Waals surface area contributed by atoms with Gasteiger partial charge in [-0.2, -0.15) is 5.10 Å². The van der Waals surface area contributed by atoms with Crippen LogP contribution in [0.2, 0.25) is 0 Å². The zero-order valence-corrected chi connectivity index (χ0v) is 8.33. The van der Waals surface area contributed by atoms with Crippen molar-refractivity contribution in [3.8, 4) is 0 Å². The van der Waals surface area contributed by atoms with Crippen LogP contribution in [-0.2, 0) is 0 Å². The normalized spacial score (nSPS) is 34.1. The number of urea groups is 1. The molecule has 0 aromatic heterocycles. The lowest BCUT2D eigenvalue weighted by Gasteiger charge is -2.11. The number of hydrogen-bond acceptors (Lipinski definition) is 2. The standard InChI is InChI=1S/C10H17N3O/c11-10(14)13-12-9-3-1-2-7-4-5-8(9)6-7/h7-8H,1-6H2,(H3,11,13,14)/b12-9+. The second-order valence-electron chi connectivity index (χ2n) is 4.35. The first-order valence-corrected chi connectivity index (χ1v) is 5.37. The fourth-order valence-electron chi connectivity index (χ4n) is 2.69. The second-order valence-corrected chi connectivity index (χ2v) is 4.35. The third-order valence-electron chi connectivity index (χ3n) is 3.37. The van der Waals surface area contributed by atoms with E-state index in [9.17, 15) is 4.79 Å². The topological polar surface area (TPSA) is 67.5 Å². The quantitative estimate of drug-likeness (QED) is 0.613. The number of nitrogens with two attached hydrogens (primary N) is 1. The molecule has 78 valence electrons. The lowest BCUT2D eigenvalue weighted by atomic mass is 9.99. The van der Waals surface area contributed by atoms with Gasteiger partial charge in [0.15, 0.2) is 0 Å². The maximum absolute atomic E-state index is 10.5. The lowest BCUT2D eigenvalue weighted by molar-refractivity contribution is 0.249. The Morgan fingerprint density at radius 1 is 1.43 bits per heavy atom. The molecule has 0 spiro atoms. The third-order valence-corrected chi connectivity index (χ3v) is 3.37. The summed E-state index contributed by atoms with van der Waals surface area (Å²) in [4.78, 5) is 10.5. The summed E-state index contributed by atoms with van der Waals surface area (Å²) in [6, 6.07) is -0.559. The summed E-state index contributed by atoms with van der Waals surface area (Å²) in [5, 5.41) is 4.11. The zero-order chi connectivity index (χ0) is 9.97. The van der Waals surface area contributed by atoms with Crippen LogP contribution >= 0.6 is 0 Å². The number of carbonyl (C=O) groups excluding carboxylic acids is 1. The number of fused-ring (bicyclic) bond motifs is 2. The molecule has 0 saturated heterocycles. The van der Waals surface area contributed by atoms with Gasteiger partial charge < -0.3 is 5.73 Å². The Morgan fingerprint density at radius 3 is 3.07 bits per heavy atom. The molecule has 2 amide bonds. The molecule has 4 heteroatoms. The number of primary amides is 1.